The van der Waals surface area contributed by atoms with Crippen molar-refractivity contribution < 1.29 is 14.7 Å². The molecule has 1 saturated heterocycles. The number of amides is 1. The zero-order valence-corrected chi connectivity index (χ0v) is 15.1. The number of hydrogen-bond donors (Lipinski definition) is 2. The minimum atomic E-state index is -1.09. The van der Waals surface area contributed by atoms with Crippen molar-refractivity contribution in [1.82, 2.24) is 19.7 Å². The van der Waals surface area contributed by atoms with E-state index in [9.17, 15) is 14.7 Å². The number of carbonyl (C=O) groups excluding carboxylic acids is 1. The molecule has 0 radical (unpaired) electrons. The predicted molar refractivity (Wildman–Crippen MR) is 91.5 cm³/mol. The SMILES string of the molecule is CCc1nc(SCC2=C(C(=O)O)N3C(=O)C(N)C3SC2)nn1CC. The van der Waals surface area contributed by atoms with E-state index in [4.69, 9.17) is 5.73 Å². The number of aromatic nitrogens is 3. The van der Waals surface area contributed by atoms with Crippen molar-refractivity contribution in [3.05, 3.63) is 17.1 Å². The Hall–Kier alpha value is -1.52. The van der Waals surface area contributed by atoms with Gasteiger partial charge >= 0.3 is 5.97 Å². The first-order valence-corrected chi connectivity index (χ1v) is 9.73. The average Bonchev–Trinajstić information content (AvgIpc) is 3.00. The van der Waals surface area contributed by atoms with Crippen LogP contribution in [0, 0.1) is 0 Å². The summed E-state index contributed by atoms with van der Waals surface area (Å²) in [7, 11) is 0. The van der Waals surface area contributed by atoms with Gasteiger partial charge in [0.15, 0.2) is 0 Å². The third-order valence-electron chi connectivity index (χ3n) is 4.01. The van der Waals surface area contributed by atoms with Crippen LogP contribution < -0.4 is 5.73 Å². The maximum atomic E-state index is 11.9. The van der Waals surface area contributed by atoms with Crippen LogP contribution in [0.2, 0.25) is 0 Å². The first kappa shape index (κ1) is 17.3. The Labute approximate surface area is 147 Å². The molecule has 2 aliphatic rings. The highest BCUT2D eigenvalue weighted by Gasteiger charge is 2.51. The maximum absolute atomic E-state index is 11.9. The molecule has 0 saturated carbocycles. The van der Waals surface area contributed by atoms with Crippen LogP contribution in [0.3, 0.4) is 0 Å². The second-order valence-corrected chi connectivity index (χ2v) is 7.51. The molecule has 1 aromatic rings. The molecule has 2 aliphatic heterocycles. The van der Waals surface area contributed by atoms with E-state index in [-0.39, 0.29) is 17.0 Å². The van der Waals surface area contributed by atoms with E-state index in [1.165, 1.54) is 28.4 Å². The van der Waals surface area contributed by atoms with E-state index in [1.807, 2.05) is 18.5 Å². The zero-order chi connectivity index (χ0) is 17.4. The van der Waals surface area contributed by atoms with E-state index in [2.05, 4.69) is 10.1 Å². The van der Waals surface area contributed by atoms with Crippen molar-refractivity contribution >= 4 is 35.4 Å². The van der Waals surface area contributed by atoms with Crippen molar-refractivity contribution in [2.24, 2.45) is 5.73 Å². The van der Waals surface area contributed by atoms with Gasteiger partial charge in [0.05, 0.1) is 0 Å². The number of β-lactam (4-membered cyclic amide) rings is 1. The van der Waals surface area contributed by atoms with E-state index in [1.54, 1.807) is 0 Å². The van der Waals surface area contributed by atoms with Crippen molar-refractivity contribution in [3.8, 4) is 0 Å². The Bertz CT molecular complexity index is 696. The second-order valence-electron chi connectivity index (χ2n) is 5.46. The number of fused-ring (bicyclic) bond motifs is 1. The highest BCUT2D eigenvalue weighted by molar-refractivity contribution is 8.01. The van der Waals surface area contributed by atoms with Gasteiger partial charge in [-0.15, -0.1) is 16.9 Å². The Morgan fingerprint density at radius 3 is 2.83 bits per heavy atom. The third-order valence-corrected chi connectivity index (χ3v) is 6.30. The molecule has 8 nitrogen and oxygen atoms in total. The molecule has 0 aromatic carbocycles. The first-order valence-electron chi connectivity index (χ1n) is 7.70. The Morgan fingerprint density at radius 1 is 1.50 bits per heavy atom. The third kappa shape index (κ3) is 2.82. The highest BCUT2D eigenvalue weighted by Crippen LogP contribution is 2.40. The fourth-order valence-electron chi connectivity index (χ4n) is 2.77. The molecule has 1 aromatic heterocycles. The van der Waals surface area contributed by atoms with Crippen LogP contribution in [0.15, 0.2) is 16.4 Å². The smallest absolute Gasteiger partial charge is 0.352 e. The molecule has 130 valence electrons. The van der Waals surface area contributed by atoms with Crippen LogP contribution in [-0.4, -0.2) is 59.6 Å². The van der Waals surface area contributed by atoms with Gasteiger partial charge in [-0.2, -0.15) is 0 Å². The molecule has 10 heteroatoms. The van der Waals surface area contributed by atoms with Crippen molar-refractivity contribution in [3.63, 3.8) is 0 Å². The molecule has 1 amide bonds. The fourth-order valence-corrected chi connectivity index (χ4v) is 5.06. The molecular formula is C14H19N5O3S2. The summed E-state index contributed by atoms with van der Waals surface area (Å²) >= 11 is 2.90. The van der Waals surface area contributed by atoms with Gasteiger partial charge in [0.2, 0.25) is 11.1 Å². The number of nitrogens with two attached hydrogens (primary N) is 1. The average molecular weight is 369 g/mol. The summed E-state index contributed by atoms with van der Waals surface area (Å²) in [5.41, 5.74) is 6.52. The van der Waals surface area contributed by atoms with Gasteiger partial charge in [-0.25, -0.2) is 14.5 Å². The normalized spacial score (nSPS) is 23.3. The van der Waals surface area contributed by atoms with E-state index in [0.717, 1.165) is 18.8 Å². The number of rotatable bonds is 6. The molecular weight excluding hydrogens is 350 g/mol. The molecule has 24 heavy (non-hydrogen) atoms. The minimum Gasteiger partial charge on any atom is -0.477 e. The lowest BCUT2D eigenvalue weighted by atomic mass is 10.0. The van der Waals surface area contributed by atoms with Gasteiger partial charge in [-0.3, -0.25) is 9.69 Å². The summed E-state index contributed by atoms with van der Waals surface area (Å²) in [6.07, 6.45) is 0.794. The van der Waals surface area contributed by atoms with Gasteiger partial charge in [0.1, 0.15) is 22.9 Å². The van der Waals surface area contributed by atoms with Gasteiger partial charge in [0, 0.05) is 24.5 Å². The lowest BCUT2D eigenvalue weighted by Gasteiger charge is -2.48. The number of carbonyl (C=O) groups is 2. The molecule has 1 fully saturated rings. The standard InChI is InChI=1S/C14H19N5O3S2/c1-3-8-16-14(17-18(8)4-2)24-6-7-5-23-12-9(15)11(20)19(12)10(7)13(21)22/h9,12H,3-6,15H2,1-2H3,(H,21,22). The van der Waals surface area contributed by atoms with Crippen molar-refractivity contribution in [2.75, 3.05) is 11.5 Å². The number of carboxylic acid groups (broad SMARTS) is 1. The molecule has 3 rings (SSSR count). The van der Waals surface area contributed by atoms with Crippen LogP contribution >= 0.6 is 23.5 Å². The van der Waals surface area contributed by atoms with Gasteiger partial charge in [-0.1, -0.05) is 18.7 Å². The van der Waals surface area contributed by atoms with Crippen LogP contribution in [0.5, 0.6) is 0 Å². The topological polar surface area (TPSA) is 114 Å². The summed E-state index contributed by atoms with van der Waals surface area (Å²) < 4.78 is 1.85. The Kier molecular flexibility index (Phi) is 4.88. The molecule has 0 aliphatic carbocycles. The Balaban J connectivity index is 1.79. The number of aryl methyl sites for hydroxylation is 2. The van der Waals surface area contributed by atoms with Crippen molar-refractivity contribution in [1.29, 1.82) is 0 Å². The molecule has 2 unspecified atom stereocenters. The minimum absolute atomic E-state index is 0.0728. The zero-order valence-electron chi connectivity index (χ0n) is 13.4. The predicted octanol–water partition coefficient (Wildman–Crippen LogP) is 0.534. The van der Waals surface area contributed by atoms with Crippen LogP contribution in [0.25, 0.3) is 0 Å². The van der Waals surface area contributed by atoms with E-state index in [0.29, 0.717) is 22.2 Å². The lowest BCUT2D eigenvalue weighted by molar-refractivity contribution is -0.147. The summed E-state index contributed by atoms with van der Waals surface area (Å²) in [4.78, 5) is 29.3. The van der Waals surface area contributed by atoms with E-state index < -0.39 is 12.0 Å². The summed E-state index contributed by atoms with van der Waals surface area (Å²) in [6, 6.07) is -0.604. The van der Waals surface area contributed by atoms with Crippen LogP contribution in [-0.2, 0) is 22.6 Å². The summed E-state index contributed by atoms with van der Waals surface area (Å²) in [5, 5.41) is 14.3. The molecule has 2 atom stereocenters. The van der Waals surface area contributed by atoms with Gasteiger partial charge < -0.3 is 10.8 Å². The number of carboxylic acids is 1. The molecule has 3 heterocycles. The van der Waals surface area contributed by atoms with Gasteiger partial charge in [0.25, 0.3) is 0 Å². The van der Waals surface area contributed by atoms with Crippen LogP contribution in [0.1, 0.15) is 19.7 Å². The summed E-state index contributed by atoms with van der Waals surface area (Å²) in [6.45, 7) is 4.77. The number of aliphatic carboxylic acids is 1. The summed E-state index contributed by atoms with van der Waals surface area (Å²) in [5.74, 6) is 0.490. The Morgan fingerprint density at radius 2 is 2.25 bits per heavy atom. The number of thioether (sulfide) groups is 2. The van der Waals surface area contributed by atoms with Crippen LogP contribution in [0.4, 0.5) is 0 Å². The number of nitrogens with zero attached hydrogens (tertiary/aromatic N) is 4. The lowest BCUT2D eigenvalue weighted by Crippen LogP contribution is -2.68. The highest BCUT2D eigenvalue weighted by atomic mass is 32.2. The number of hydrogen-bond acceptors (Lipinski definition) is 7. The largest absolute Gasteiger partial charge is 0.477 e. The van der Waals surface area contributed by atoms with E-state index >= 15 is 0 Å². The van der Waals surface area contributed by atoms with Gasteiger partial charge in [-0.05, 0) is 12.5 Å². The molecule has 0 spiro atoms. The maximum Gasteiger partial charge on any atom is 0.352 e. The molecule has 0 bridgehead atoms. The quantitative estimate of drug-likeness (QED) is 0.551. The monoisotopic (exact) mass is 369 g/mol. The fraction of sp³-hybridized carbons (Fsp3) is 0.571. The second kappa shape index (κ2) is 6.77. The van der Waals surface area contributed by atoms with Crippen molar-refractivity contribution in [2.45, 2.75) is 43.4 Å². The molecule has 3 N–H and O–H groups in total. The first-order chi connectivity index (χ1) is 11.5.